The van der Waals surface area contributed by atoms with Crippen LogP contribution in [0.4, 0.5) is 0 Å². The number of carboxylic acids is 1. The molecular weight excluding hydrogens is 270 g/mol. The number of carboxylic acid groups (broad SMARTS) is 1. The smallest absolute Gasteiger partial charge is 0.308 e. The van der Waals surface area contributed by atoms with Crippen molar-refractivity contribution >= 4 is 11.9 Å². The second kappa shape index (κ2) is 6.28. The predicted molar refractivity (Wildman–Crippen MR) is 78.1 cm³/mol. The van der Waals surface area contributed by atoms with Gasteiger partial charge in [-0.1, -0.05) is 13.8 Å². The Morgan fingerprint density at radius 1 is 1.48 bits per heavy atom. The van der Waals surface area contributed by atoms with Crippen LogP contribution in [0.1, 0.15) is 42.7 Å². The Balaban J connectivity index is 2.13. The van der Waals surface area contributed by atoms with Gasteiger partial charge in [0.2, 0.25) is 0 Å². The van der Waals surface area contributed by atoms with Gasteiger partial charge in [-0.05, 0) is 25.7 Å². The van der Waals surface area contributed by atoms with Crippen LogP contribution in [0.15, 0.2) is 6.20 Å². The molecule has 21 heavy (non-hydrogen) atoms. The van der Waals surface area contributed by atoms with Crippen LogP contribution >= 0.6 is 0 Å². The first kappa shape index (κ1) is 15.5. The molecule has 0 bridgehead atoms. The summed E-state index contributed by atoms with van der Waals surface area (Å²) in [7, 11) is 0. The van der Waals surface area contributed by atoms with Gasteiger partial charge < -0.3 is 10.0 Å². The lowest BCUT2D eigenvalue weighted by Gasteiger charge is -2.30. The molecule has 0 spiro atoms. The van der Waals surface area contributed by atoms with Gasteiger partial charge in [0, 0.05) is 25.3 Å². The highest BCUT2D eigenvalue weighted by Gasteiger charge is 2.30. The van der Waals surface area contributed by atoms with Crippen LogP contribution < -0.4 is 0 Å². The minimum Gasteiger partial charge on any atom is -0.481 e. The van der Waals surface area contributed by atoms with Crippen LogP contribution in [0, 0.1) is 18.8 Å². The number of nitrogens with zero attached hydrogens (tertiary/aromatic N) is 3. The number of aliphatic carboxylic acids is 1. The second-order valence-electron chi connectivity index (χ2n) is 6.15. The lowest BCUT2D eigenvalue weighted by Crippen LogP contribution is -2.42. The number of amides is 1. The number of aromatic nitrogens is 2. The van der Waals surface area contributed by atoms with Crippen molar-refractivity contribution in [1.29, 1.82) is 0 Å². The van der Waals surface area contributed by atoms with Crippen LogP contribution in [0.25, 0.3) is 0 Å². The third-order valence-corrected chi connectivity index (χ3v) is 3.93. The van der Waals surface area contributed by atoms with Crippen molar-refractivity contribution in [3.8, 4) is 0 Å². The average Bonchev–Trinajstić information content (AvgIpc) is 2.79. The fourth-order valence-electron chi connectivity index (χ4n) is 2.72. The van der Waals surface area contributed by atoms with Gasteiger partial charge in [0.15, 0.2) is 0 Å². The van der Waals surface area contributed by atoms with E-state index in [1.807, 2.05) is 11.6 Å². The SMILES string of the molecule is Cc1c(C(=O)N2CCCC(C(=O)O)C2)cnn1CC(C)C. The number of hydrogen-bond donors (Lipinski definition) is 1. The summed E-state index contributed by atoms with van der Waals surface area (Å²) in [5.41, 5.74) is 1.44. The molecule has 1 N–H and O–H groups in total. The van der Waals surface area contributed by atoms with E-state index in [0.717, 1.165) is 18.7 Å². The van der Waals surface area contributed by atoms with Crippen molar-refractivity contribution in [2.75, 3.05) is 13.1 Å². The van der Waals surface area contributed by atoms with E-state index in [-0.39, 0.29) is 5.91 Å². The summed E-state index contributed by atoms with van der Waals surface area (Å²) in [6.45, 7) is 7.79. The Morgan fingerprint density at radius 2 is 2.19 bits per heavy atom. The number of hydrogen-bond acceptors (Lipinski definition) is 3. The predicted octanol–water partition coefficient (Wildman–Crippen LogP) is 1.78. The zero-order valence-electron chi connectivity index (χ0n) is 12.9. The van der Waals surface area contributed by atoms with E-state index >= 15 is 0 Å². The zero-order valence-corrected chi connectivity index (χ0v) is 12.9. The Hall–Kier alpha value is -1.85. The first-order valence-corrected chi connectivity index (χ1v) is 7.44. The fourth-order valence-corrected chi connectivity index (χ4v) is 2.72. The minimum absolute atomic E-state index is 0.103. The van der Waals surface area contributed by atoms with E-state index in [4.69, 9.17) is 5.11 Å². The molecule has 1 fully saturated rings. The van der Waals surface area contributed by atoms with Gasteiger partial charge in [-0.2, -0.15) is 5.10 Å². The van der Waals surface area contributed by atoms with Gasteiger partial charge in [0.25, 0.3) is 5.91 Å². The first-order chi connectivity index (χ1) is 9.90. The molecule has 0 aliphatic carbocycles. The van der Waals surface area contributed by atoms with E-state index < -0.39 is 11.9 Å². The maximum absolute atomic E-state index is 12.6. The third kappa shape index (κ3) is 3.43. The molecule has 0 aromatic carbocycles. The van der Waals surface area contributed by atoms with Crippen molar-refractivity contribution < 1.29 is 14.7 Å². The van der Waals surface area contributed by atoms with Crippen LogP contribution in [0.5, 0.6) is 0 Å². The van der Waals surface area contributed by atoms with E-state index in [9.17, 15) is 9.59 Å². The molecule has 2 heterocycles. The molecule has 1 amide bonds. The molecule has 1 atom stereocenters. The molecule has 116 valence electrons. The summed E-state index contributed by atoms with van der Waals surface area (Å²) in [5.74, 6) is -0.917. The quantitative estimate of drug-likeness (QED) is 0.918. The number of rotatable bonds is 4. The van der Waals surface area contributed by atoms with Gasteiger partial charge in [0.05, 0.1) is 17.7 Å². The topological polar surface area (TPSA) is 75.4 Å². The second-order valence-corrected chi connectivity index (χ2v) is 6.15. The van der Waals surface area contributed by atoms with Crippen molar-refractivity contribution in [3.05, 3.63) is 17.5 Å². The van der Waals surface area contributed by atoms with Crippen LogP contribution in [0.2, 0.25) is 0 Å². The highest BCUT2D eigenvalue weighted by molar-refractivity contribution is 5.95. The highest BCUT2D eigenvalue weighted by atomic mass is 16.4. The molecule has 6 heteroatoms. The van der Waals surface area contributed by atoms with E-state index in [0.29, 0.717) is 31.0 Å². The van der Waals surface area contributed by atoms with Crippen LogP contribution in [-0.2, 0) is 11.3 Å². The summed E-state index contributed by atoms with van der Waals surface area (Å²) in [4.78, 5) is 25.3. The van der Waals surface area contributed by atoms with Gasteiger partial charge in [-0.15, -0.1) is 0 Å². The molecule has 1 aromatic rings. The first-order valence-electron chi connectivity index (χ1n) is 7.44. The summed E-state index contributed by atoms with van der Waals surface area (Å²) in [5, 5.41) is 13.4. The van der Waals surface area contributed by atoms with Crippen molar-refractivity contribution in [3.63, 3.8) is 0 Å². The highest BCUT2D eigenvalue weighted by Crippen LogP contribution is 2.20. The Bertz CT molecular complexity index is 536. The van der Waals surface area contributed by atoms with Gasteiger partial charge >= 0.3 is 5.97 Å². The van der Waals surface area contributed by atoms with Crippen molar-refractivity contribution in [2.24, 2.45) is 11.8 Å². The minimum atomic E-state index is -0.820. The monoisotopic (exact) mass is 293 g/mol. The van der Waals surface area contributed by atoms with Gasteiger partial charge in [0.1, 0.15) is 0 Å². The fraction of sp³-hybridized carbons (Fsp3) is 0.667. The standard InChI is InChI=1S/C15H23N3O3/c1-10(2)8-18-11(3)13(7-16-18)14(19)17-6-4-5-12(9-17)15(20)21/h7,10,12H,4-6,8-9H2,1-3H3,(H,20,21). The summed E-state index contributed by atoms with van der Waals surface area (Å²) >= 11 is 0. The maximum Gasteiger partial charge on any atom is 0.308 e. The summed E-state index contributed by atoms with van der Waals surface area (Å²) < 4.78 is 1.84. The molecule has 0 radical (unpaired) electrons. The number of likely N-dealkylation sites (tertiary alicyclic amines) is 1. The van der Waals surface area contributed by atoms with E-state index in [1.165, 1.54) is 0 Å². The van der Waals surface area contributed by atoms with Crippen LogP contribution in [0.3, 0.4) is 0 Å². The molecule has 0 saturated carbocycles. The van der Waals surface area contributed by atoms with Gasteiger partial charge in [-0.25, -0.2) is 0 Å². The maximum atomic E-state index is 12.6. The lowest BCUT2D eigenvalue weighted by atomic mass is 9.98. The number of carbonyl (C=O) groups excluding carboxylic acids is 1. The normalized spacial score (nSPS) is 19.0. The molecule has 1 aromatic heterocycles. The lowest BCUT2D eigenvalue weighted by molar-refractivity contribution is -0.143. The Labute approximate surface area is 124 Å². The van der Waals surface area contributed by atoms with Crippen molar-refractivity contribution in [2.45, 2.75) is 40.2 Å². The molecule has 1 aliphatic heterocycles. The van der Waals surface area contributed by atoms with E-state index in [1.54, 1.807) is 11.1 Å². The number of carbonyl (C=O) groups is 2. The molecular formula is C15H23N3O3. The summed E-state index contributed by atoms with van der Waals surface area (Å²) in [6, 6.07) is 0. The average molecular weight is 293 g/mol. The molecule has 1 aliphatic rings. The molecule has 2 rings (SSSR count). The van der Waals surface area contributed by atoms with Crippen molar-refractivity contribution in [1.82, 2.24) is 14.7 Å². The van der Waals surface area contributed by atoms with E-state index in [2.05, 4.69) is 18.9 Å². The Kier molecular flexibility index (Phi) is 4.65. The molecule has 6 nitrogen and oxygen atoms in total. The molecule has 1 saturated heterocycles. The third-order valence-electron chi connectivity index (χ3n) is 3.93. The van der Waals surface area contributed by atoms with Crippen LogP contribution in [-0.4, -0.2) is 44.8 Å². The summed E-state index contributed by atoms with van der Waals surface area (Å²) in [6.07, 6.45) is 2.98. The Morgan fingerprint density at radius 3 is 2.81 bits per heavy atom. The molecule has 1 unspecified atom stereocenters. The zero-order chi connectivity index (χ0) is 15.6. The van der Waals surface area contributed by atoms with Gasteiger partial charge in [-0.3, -0.25) is 14.3 Å². The number of piperidine rings is 1. The largest absolute Gasteiger partial charge is 0.481 e.